The molecule has 0 unspecified atom stereocenters. The van der Waals surface area contributed by atoms with Gasteiger partial charge in [0.05, 0.1) is 5.69 Å². The first kappa shape index (κ1) is 13.0. The summed E-state index contributed by atoms with van der Waals surface area (Å²) in [6.07, 6.45) is 2.24. The van der Waals surface area contributed by atoms with Gasteiger partial charge in [0.2, 0.25) is 0 Å². The SMILES string of the molecule is CCC(=O)c1ccc(C)cc1-c1cc(Br)ccn1. The highest BCUT2D eigenvalue weighted by Gasteiger charge is 2.12. The Hall–Kier alpha value is -1.48. The largest absolute Gasteiger partial charge is 0.294 e. The van der Waals surface area contributed by atoms with E-state index >= 15 is 0 Å². The van der Waals surface area contributed by atoms with Gasteiger partial charge in [0, 0.05) is 28.2 Å². The van der Waals surface area contributed by atoms with E-state index in [1.807, 2.05) is 44.2 Å². The number of aromatic nitrogens is 1. The van der Waals surface area contributed by atoms with Gasteiger partial charge in [-0.3, -0.25) is 9.78 Å². The van der Waals surface area contributed by atoms with Crippen LogP contribution in [0, 0.1) is 6.92 Å². The highest BCUT2D eigenvalue weighted by molar-refractivity contribution is 9.10. The van der Waals surface area contributed by atoms with Crippen molar-refractivity contribution in [1.29, 1.82) is 0 Å². The van der Waals surface area contributed by atoms with Crippen LogP contribution in [-0.4, -0.2) is 10.8 Å². The number of pyridine rings is 1. The van der Waals surface area contributed by atoms with Gasteiger partial charge in [-0.25, -0.2) is 0 Å². The molecule has 2 rings (SSSR count). The van der Waals surface area contributed by atoms with Crippen LogP contribution < -0.4 is 0 Å². The summed E-state index contributed by atoms with van der Waals surface area (Å²) in [5, 5.41) is 0. The Morgan fingerprint density at radius 3 is 2.72 bits per heavy atom. The lowest BCUT2D eigenvalue weighted by Crippen LogP contribution is -2.01. The van der Waals surface area contributed by atoms with Crippen LogP contribution in [0.15, 0.2) is 41.0 Å². The molecule has 0 saturated carbocycles. The maximum absolute atomic E-state index is 12.0. The molecule has 0 aliphatic heterocycles. The number of hydrogen-bond acceptors (Lipinski definition) is 2. The summed E-state index contributed by atoms with van der Waals surface area (Å²) in [7, 11) is 0. The molecule has 2 aromatic rings. The average molecular weight is 304 g/mol. The van der Waals surface area contributed by atoms with Crippen molar-refractivity contribution in [3.8, 4) is 11.3 Å². The van der Waals surface area contributed by atoms with E-state index in [0.717, 1.165) is 26.9 Å². The smallest absolute Gasteiger partial charge is 0.163 e. The number of rotatable bonds is 3. The van der Waals surface area contributed by atoms with Crippen molar-refractivity contribution in [3.63, 3.8) is 0 Å². The van der Waals surface area contributed by atoms with E-state index < -0.39 is 0 Å². The van der Waals surface area contributed by atoms with Crippen molar-refractivity contribution < 1.29 is 4.79 Å². The minimum absolute atomic E-state index is 0.145. The predicted molar refractivity (Wildman–Crippen MR) is 76.7 cm³/mol. The van der Waals surface area contributed by atoms with Crippen molar-refractivity contribution >= 4 is 21.7 Å². The minimum atomic E-state index is 0.145. The number of nitrogens with zero attached hydrogens (tertiary/aromatic N) is 1. The van der Waals surface area contributed by atoms with Crippen molar-refractivity contribution in [2.45, 2.75) is 20.3 Å². The monoisotopic (exact) mass is 303 g/mol. The van der Waals surface area contributed by atoms with Gasteiger partial charge in [0.1, 0.15) is 0 Å². The molecule has 0 saturated heterocycles. The molecule has 1 heterocycles. The Kier molecular flexibility index (Phi) is 3.92. The molecule has 0 aliphatic carbocycles. The number of halogens is 1. The van der Waals surface area contributed by atoms with Gasteiger partial charge in [-0.1, -0.05) is 40.5 Å². The standard InChI is InChI=1S/C15H14BrNO/c1-3-15(18)12-5-4-10(2)8-13(12)14-9-11(16)6-7-17-14/h4-9H,3H2,1-2H3. The lowest BCUT2D eigenvalue weighted by molar-refractivity contribution is 0.0989. The predicted octanol–water partition coefficient (Wildman–Crippen LogP) is 4.41. The Bertz CT molecular complexity index is 593. The quantitative estimate of drug-likeness (QED) is 0.786. The molecular weight excluding hydrogens is 290 g/mol. The first-order valence-corrected chi connectivity index (χ1v) is 6.67. The Morgan fingerprint density at radius 2 is 2.06 bits per heavy atom. The average Bonchev–Trinajstić information content (AvgIpc) is 2.38. The lowest BCUT2D eigenvalue weighted by atomic mass is 9.97. The highest BCUT2D eigenvalue weighted by Crippen LogP contribution is 2.26. The van der Waals surface area contributed by atoms with Gasteiger partial charge in [-0.15, -0.1) is 0 Å². The summed E-state index contributed by atoms with van der Waals surface area (Å²) in [4.78, 5) is 16.3. The van der Waals surface area contributed by atoms with Crippen molar-refractivity contribution in [2.24, 2.45) is 0 Å². The number of carbonyl (C=O) groups is 1. The van der Waals surface area contributed by atoms with E-state index in [4.69, 9.17) is 0 Å². The molecule has 0 spiro atoms. The zero-order valence-electron chi connectivity index (χ0n) is 10.4. The molecular formula is C15H14BrNO. The first-order valence-electron chi connectivity index (χ1n) is 5.87. The fourth-order valence-corrected chi connectivity index (χ4v) is 2.19. The van der Waals surface area contributed by atoms with Crippen LogP contribution in [-0.2, 0) is 0 Å². The zero-order valence-corrected chi connectivity index (χ0v) is 12.0. The molecule has 18 heavy (non-hydrogen) atoms. The topological polar surface area (TPSA) is 30.0 Å². The molecule has 0 bridgehead atoms. The molecule has 2 nitrogen and oxygen atoms in total. The third-order valence-corrected chi connectivity index (χ3v) is 3.29. The molecule has 3 heteroatoms. The number of hydrogen-bond donors (Lipinski definition) is 0. The second-order valence-corrected chi connectivity index (χ2v) is 5.10. The number of ketones is 1. The molecule has 0 N–H and O–H groups in total. The van der Waals surface area contributed by atoms with Crippen LogP contribution in [0.3, 0.4) is 0 Å². The first-order chi connectivity index (χ1) is 8.61. The van der Waals surface area contributed by atoms with Crippen LogP contribution in [0.4, 0.5) is 0 Å². The molecule has 0 atom stereocenters. The number of carbonyl (C=O) groups excluding carboxylic acids is 1. The summed E-state index contributed by atoms with van der Waals surface area (Å²) in [5.74, 6) is 0.145. The van der Waals surface area contributed by atoms with Gasteiger partial charge in [-0.05, 0) is 25.1 Å². The van der Waals surface area contributed by atoms with Crippen LogP contribution >= 0.6 is 15.9 Å². The second kappa shape index (κ2) is 5.44. The van der Waals surface area contributed by atoms with E-state index in [1.54, 1.807) is 6.20 Å². The Balaban J connectivity index is 2.61. The number of aryl methyl sites for hydroxylation is 1. The van der Waals surface area contributed by atoms with E-state index in [9.17, 15) is 4.79 Å². The molecule has 92 valence electrons. The van der Waals surface area contributed by atoms with E-state index in [-0.39, 0.29) is 5.78 Å². The fraction of sp³-hybridized carbons (Fsp3) is 0.200. The minimum Gasteiger partial charge on any atom is -0.294 e. The number of Topliss-reactive ketones (excluding diaryl/α,β-unsaturated/α-hetero) is 1. The fourth-order valence-electron chi connectivity index (χ4n) is 1.86. The second-order valence-electron chi connectivity index (χ2n) is 4.19. The number of benzene rings is 1. The van der Waals surface area contributed by atoms with Crippen LogP contribution in [0.1, 0.15) is 29.3 Å². The molecule has 0 amide bonds. The van der Waals surface area contributed by atoms with Crippen LogP contribution in [0.2, 0.25) is 0 Å². The zero-order chi connectivity index (χ0) is 13.1. The van der Waals surface area contributed by atoms with Gasteiger partial charge >= 0.3 is 0 Å². The van der Waals surface area contributed by atoms with E-state index in [2.05, 4.69) is 20.9 Å². The van der Waals surface area contributed by atoms with Crippen molar-refractivity contribution in [1.82, 2.24) is 4.98 Å². The van der Waals surface area contributed by atoms with Gasteiger partial charge in [0.25, 0.3) is 0 Å². The van der Waals surface area contributed by atoms with Crippen molar-refractivity contribution in [3.05, 3.63) is 52.1 Å². The normalized spacial score (nSPS) is 10.4. The van der Waals surface area contributed by atoms with Gasteiger partial charge in [-0.2, -0.15) is 0 Å². The molecule has 0 aliphatic rings. The lowest BCUT2D eigenvalue weighted by Gasteiger charge is -2.09. The Labute approximate surface area is 115 Å². The van der Waals surface area contributed by atoms with Gasteiger partial charge in [0.15, 0.2) is 5.78 Å². The third kappa shape index (κ3) is 2.67. The molecule has 1 aromatic carbocycles. The van der Waals surface area contributed by atoms with E-state index in [1.165, 1.54) is 0 Å². The van der Waals surface area contributed by atoms with E-state index in [0.29, 0.717) is 6.42 Å². The molecule has 0 radical (unpaired) electrons. The summed E-state index contributed by atoms with van der Waals surface area (Å²) in [5.41, 5.74) is 3.60. The third-order valence-electron chi connectivity index (χ3n) is 2.79. The maximum atomic E-state index is 12.0. The van der Waals surface area contributed by atoms with Crippen LogP contribution in [0.25, 0.3) is 11.3 Å². The highest BCUT2D eigenvalue weighted by atomic mass is 79.9. The summed E-state index contributed by atoms with van der Waals surface area (Å²) >= 11 is 3.43. The summed E-state index contributed by atoms with van der Waals surface area (Å²) in [6, 6.07) is 9.67. The molecule has 0 fully saturated rings. The maximum Gasteiger partial charge on any atom is 0.163 e. The molecule has 1 aromatic heterocycles. The summed E-state index contributed by atoms with van der Waals surface area (Å²) < 4.78 is 0.962. The van der Waals surface area contributed by atoms with Gasteiger partial charge < -0.3 is 0 Å². The van der Waals surface area contributed by atoms with Crippen molar-refractivity contribution in [2.75, 3.05) is 0 Å². The Morgan fingerprint density at radius 1 is 1.28 bits per heavy atom. The summed E-state index contributed by atoms with van der Waals surface area (Å²) in [6.45, 7) is 3.89. The van der Waals surface area contributed by atoms with Crippen LogP contribution in [0.5, 0.6) is 0 Å².